The van der Waals surface area contributed by atoms with E-state index >= 15 is 0 Å². The van der Waals surface area contributed by atoms with Crippen molar-refractivity contribution < 1.29 is 6.85 Å². The lowest BCUT2D eigenvalue weighted by atomic mass is 9.96. The highest BCUT2D eigenvalue weighted by Gasteiger charge is 2.17. The number of rotatable bonds is 6. The van der Waals surface area contributed by atoms with Crippen LogP contribution in [0, 0.1) is 0 Å². The van der Waals surface area contributed by atoms with E-state index in [1.807, 2.05) is 72.8 Å². The highest BCUT2D eigenvalue weighted by atomic mass is 32.1. The molecule has 2 heterocycles. The molecule has 248 valence electrons. The molecule has 0 saturated carbocycles. The summed E-state index contributed by atoms with van der Waals surface area (Å²) >= 11 is 1.52. The first kappa shape index (κ1) is 26.1. The Morgan fingerprint density at radius 1 is 0.377 bits per heavy atom. The van der Waals surface area contributed by atoms with Gasteiger partial charge in [0, 0.05) is 42.4 Å². The Labute approximate surface area is 318 Å². The van der Waals surface area contributed by atoms with Crippen molar-refractivity contribution in [2.24, 2.45) is 0 Å². The van der Waals surface area contributed by atoms with E-state index in [4.69, 9.17) is 21.8 Å². The van der Waals surface area contributed by atoms with E-state index < -0.39 is 6.04 Å². The molecule has 4 heteroatoms. The van der Waals surface area contributed by atoms with Crippen LogP contribution in [-0.2, 0) is 0 Å². The molecule has 8 aromatic carbocycles. The third-order valence-corrected chi connectivity index (χ3v) is 10.8. The molecule has 0 spiro atoms. The molecule has 0 atom stereocenters. The SMILES string of the molecule is [2H]c1c([2H])c([2H])c(-c2cc(-c3ccccc3)cc3c2sc2cc(-c4nc(-c5ccccc5)nc(-c5ccc(-c6ccc7ccccc7c6)cc5)n4)ccc23)c([2H])c1[2H]. The first-order valence-electron chi connectivity index (χ1n) is 19.9. The van der Waals surface area contributed by atoms with Crippen molar-refractivity contribution in [1.82, 2.24) is 15.0 Å². The molecule has 0 unspecified atom stereocenters. The maximum atomic E-state index is 8.88. The van der Waals surface area contributed by atoms with Crippen LogP contribution < -0.4 is 0 Å². The zero-order valence-corrected chi connectivity index (χ0v) is 29.1. The zero-order chi connectivity index (χ0) is 39.5. The summed E-state index contributed by atoms with van der Waals surface area (Å²) in [6, 6.07) is 51.6. The van der Waals surface area contributed by atoms with Gasteiger partial charge in [0.1, 0.15) is 0 Å². The van der Waals surface area contributed by atoms with E-state index in [0.29, 0.717) is 23.0 Å². The number of hydrogen-bond donors (Lipinski definition) is 0. The van der Waals surface area contributed by atoms with Gasteiger partial charge in [0.25, 0.3) is 0 Å². The van der Waals surface area contributed by atoms with Crippen LogP contribution in [0.25, 0.3) is 98.5 Å². The lowest BCUT2D eigenvalue weighted by Gasteiger charge is -2.10. The zero-order valence-electron chi connectivity index (χ0n) is 33.3. The smallest absolute Gasteiger partial charge is 0.164 e. The molecular weight excluding hydrogens is 663 g/mol. The molecule has 0 amide bonds. The Bertz CT molecular complexity index is 3190. The van der Waals surface area contributed by atoms with Crippen molar-refractivity contribution >= 4 is 42.3 Å². The van der Waals surface area contributed by atoms with Gasteiger partial charge in [0.05, 0.1) is 6.85 Å². The fourth-order valence-corrected chi connectivity index (χ4v) is 8.16. The maximum Gasteiger partial charge on any atom is 0.164 e. The fraction of sp³-hybridized carbons (Fsp3) is 0. The second kappa shape index (κ2) is 13.1. The van der Waals surface area contributed by atoms with Gasteiger partial charge in [-0.2, -0.15) is 0 Å². The highest BCUT2D eigenvalue weighted by Crippen LogP contribution is 2.44. The average Bonchev–Trinajstić information content (AvgIpc) is 3.66. The number of benzene rings is 8. The second-order valence-electron chi connectivity index (χ2n) is 12.9. The molecule has 0 aliphatic carbocycles. The Hall–Kier alpha value is -6.75. The number of fused-ring (bicyclic) bond motifs is 4. The molecule has 0 bridgehead atoms. The third kappa shape index (κ3) is 5.85. The molecule has 0 N–H and O–H groups in total. The van der Waals surface area contributed by atoms with Crippen LogP contribution in [-0.4, -0.2) is 15.0 Å². The van der Waals surface area contributed by atoms with Crippen molar-refractivity contribution in [3.8, 4) is 67.5 Å². The van der Waals surface area contributed by atoms with Crippen LogP contribution in [0.1, 0.15) is 6.85 Å². The Morgan fingerprint density at radius 2 is 0.943 bits per heavy atom. The van der Waals surface area contributed by atoms with Crippen LogP contribution in [0.3, 0.4) is 0 Å². The Balaban J connectivity index is 1.12. The summed E-state index contributed by atoms with van der Waals surface area (Å²) in [7, 11) is 0. The summed E-state index contributed by atoms with van der Waals surface area (Å²) < 4.78 is 44.7. The predicted octanol–water partition coefficient (Wildman–Crippen LogP) is 13.4. The van der Waals surface area contributed by atoms with Crippen LogP contribution >= 0.6 is 11.3 Å². The Morgan fingerprint density at radius 3 is 1.68 bits per heavy atom. The van der Waals surface area contributed by atoms with Crippen molar-refractivity contribution in [2.45, 2.75) is 0 Å². The van der Waals surface area contributed by atoms with E-state index in [1.165, 1.54) is 22.1 Å². The molecule has 53 heavy (non-hydrogen) atoms. The molecule has 10 rings (SSSR count). The molecule has 0 radical (unpaired) electrons. The molecule has 0 saturated heterocycles. The maximum absolute atomic E-state index is 8.88. The van der Waals surface area contributed by atoms with Crippen LogP contribution in [0.2, 0.25) is 0 Å². The molecular formula is C49H31N3S. The molecule has 10 aromatic rings. The van der Waals surface area contributed by atoms with E-state index in [9.17, 15) is 0 Å². The largest absolute Gasteiger partial charge is 0.208 e. The normalized spacial score (nSPS) is 12.7. The number of hydrogen-bond acceptors (Lipinski definition) is 4. The van der Waals surface area contributed by atoms with E-state index in [1.54, 1.807) is 0 Å². The number of aromatic nitrogens is 3. The summed E-state index contributed by atoms with van der Waals surface area (Å²) in [5, 5.41) is 4.31. The van der Waals surface area contributed by atoms with Crippen molar-refractivity contribution in [2.75, 3.05) is 0 Å². The summed E-state index contributed by atoms with van der Waals surface area (Å²) in [6.07, 6.45) is 0. The fourth-order valence-electron chi connectivity index (χ4n) is 6.92. The van der Waals surface area contributed by atoms with Gasteiger partial charge in [-0.3, -0.25) is 0 Å². The monoisotopic (exact) mass is 698 g/mol. The quantitative estimate of drug-likeness (QED) is 0.173. The predicted molar refractivity (Wildman–Crippen MR) is 223 cm³/mol. The van der Waals surface area contributed by atoms with Gasteiger partial charge in [-0.05, 0) is 62.9 Å². The standard InChI is InChI=1S/C49H31N3S/c1-4-12-32(13-5-1)41-29-43(35-15-6-2-7-16-35)46-44(30-41)42-27-26-40(31-45(42)53-46)49-51-47(36-17-8-3-9-18-36)50-48(52-49)37-23-20-34(21-24-37)39-25-22-33-14-10-11-19-38(33)28-39/h1-31H/i2D,6D,7D,15D,16D. The summed E-state index contributed by atoms with van der Waals surface area (Å²) in [4.78, 5) is 15.0. The summed E-state index contributed by atoms with van der Waals surface area (Å²) in [6.45, 7) is 0. The van der Waals surface area contributed by atoms with Crippen LogP contribution in [0.15, 0.2) is 188 Å². The first-order valence-corrected chi connectivity index (χ1v) is 18.2. The van der Waals surface area contributed by atoms with Crippen molar-refractivity contribution in [1.29, 1.82) is 0 Å². The van der Waals surface area contributed by atoms with Gasteiger partial charge >= 0.3 is 0 Å². The lowest BCUT2D eigenvalue weighted by Crippen LogP contribution is -2.00. The second-order valence-corrected chi connectivity index (χ2v) is 13.9. The van der Waals surface area contributed by atoms with Gasteiger partial charge in [-0.1, -0.05) is 164 Å². The van der Waals surface area contributed by atoms with Gasteiger partial charge < -0.3 is 0 Å². The average molecular weight is 699 g/mol. The summed E-state index contributed by atoms with van der Waals surface area (Å²) in [5.41, 5.74) is 7.41. The van der Waals surface area contributed by atoms with Crippen molar-refractivity contribution in [3.63, 3.8) is 0 Å². The van der Waals surface area contributed by atoms with E-state index in [2.05, 4.69) is 84.9 Å². The minimum atomic E-state index is -0.414. The van der Waals surface area contributed by atoms with Crippen LogP contribution in [0.4, 0.5) is 0 Å². The number of thiophene rings is 1. The minimum absolute atomic E-state index is 0.182. The first-order chi connectivity index (χ1) is 28.3. The Kier molecular flexibility index (Phi) is 6.45. The molecule has 2 aromatic heterocycles. The van der Waals surface area contributed by atoms with Gasteiger partial charge in [-0.25, -0.2) is 15.0 Å². The minimum Gasteiger partial charge on any atom is -0.208 e. The summed E-state index contributed by atoms with van der Waals surface area (Å²) in [5.74, 6) is 1.64. The van der Waals surface area contributed by atoms with Gasteiger partial charge in [-0.15, -0.1) is 11.3 Å². The van der Waals surface area contributed by atoms with Crippen LogP contribution in [0.5, 0.6) is 0 Å². The molecule has 3 nitrogen and oxygen atoms in total. The molecule has 0 fully saturated rings. The third-order valence-electron chi connectivity index (χ3n) is 9.60. The van der Waals surface area contributed by atoms with E-state index in [0.717, 1.165) is 59.1 Å². The molecule has 0 aliphatic heterocycles. The van der Waals surface area contributed by atoms with E-state index in [-0.39, 0.29) is 29.7 Å². The van der Waals surface area contributed by atoms with Gasteiger partial charge in [0.15, 0.2) is 17.5 Å². The van der Waals surface area contributed by atoms with Gasteiger partial charge in [0.2, 0.25) is 0 Å². The highest BCUT2D eigenvalue weighted by molar-refractivity contribution is 7.26. The molecule has 0 aliphatic rings. The number of nitrogens with zero attached hydrogens (tertiary/aromatic N) is 3. The topological polar surface area (TPSA) is 38.7 Å². The lowest BCUT2D eigenvalue weighted by molar-refractivity contribution is 1.07. The van der Waals surface area contributed by atoms with Crippen molar-refractivity contribution in [3.05, 3.63) is 188 Å².